The minimum absolute atomic E-state index is 0.198. The molecule has 1 aromatic carbocycles. The van der Waals surface area contributed by atoms with E-state index >= 15 is 0 Å². The molecule has 4 heteroatoms. The SMILES string of the molecule is CCNC(c1ccccc1C)c1snnc1C(C)C. The quantitative estimate of drug-likeness (QED) is 0.904. The van der Waals surface area contributed by atoms with E-state index in [1.807, 2.05) is 0 Å². The fourth-order valence-electron chi connectivity index (χ4n) is 2.26. The van der Waals surface area contributed by atoms with Crippen molar-refractivity contribution in [3.8, 4) is 0 Å². The van der Waals surface area contributed by atoms with Gasteiger partial charge in [0.2, 0.25) is 0 Å². The minimum Gasteiger partial charge on any atom is -0.306 e. The van der Waals surface area contributed by atoms with Gasteiger partial charge in [0.25, 0.3) is 0 Å². The molecular formula is C15H21N3S. The highest BCUT2D eigenvalue weighted by Gasteiger charge is 2.22. The Hall–Kier alpha value is -1.26. The topological polar surface area (TPSA) is 37.8 Å². The van der Waals surface area contributed by atoms with Crippen molar-refractivity contribution in [2.45, 2.75) is 39.7 Å². The number of nitrogens with one attached hydrogen (secondary N) is 1. The average Bonchev–Trinajstić information content (AvgIpc) is 2.86. The first-order chi connectivity index (χ1) is 9.15. The van der Waals surface area contributed by atoms with Crippen molar-refractivity contribution in [1.82, 2.24) is 14.9 Å². The molecule has 2 rings (SSSR count). The van der Waals surface area contributed by atoms with E-state index in [4.69, 9.17) is 0 Å². The number of hydrogen-bond donors (Lipinski definition) is 1. The van der Waals surface area contributed by atoms with Gasteiger partial charge in [-0.15, -0.1) is 5.10 Å². The maximum Gasteiger partial charge on any atom is 0.0832 e. The number of aryl methyl sites for hydroxylation is 1. The highest BCUT2D eigenvalue weighted by atomic mass is 32.1. The van der Waals surface area contributed by atoms with Gasteiger partial charge in [0.15, 0.2) is 0 Å². The first kappa shape index (κ1) is 14.2. The molecule has 1 heterocycles. The third kappa shape index (κ3) is 3.01. The van der Waals surface area contributed by atoms with Crippen molar-refractivity contribution < 1.29 is 0 Å². The van der Waals surface area contributed by atoms with E-state index < -0.39 is 0 Å². The van der Waals surface area contributed by atoms with Crippen LogP contribution in [-0.4, -0.2) is 16.1 Å². The molecule has 0 amide bonds. The Morgan fingerprint density at radius 2 is 2.00 bits per heavy atom. The molecule has 3 nitrogen and oxygen atoms in total. The smallest absolute Gasteiger partial charge is 0.0832 e. The van der Waals surface area contributed by atoms with Crippen molar-refractivity contribution in [2.24, 2.45) is 0 Å². The van der Waals surface area contributed by atoms with Crippen molar-refractivity contribution in [2.75, 3.05) is 6.54 Å². The Morgan fingerprint density at radius 3 is 2.63 bits per heavy atom. The largest absolute Gasteiger partial charge is 0.306 e. The van der Waals surface area contributed by atoms with Crippen LogP contribution >= 0.6 is 11.5 Å². The van der Waals surface area contributed by atoms with E-state index in [0.29, 0.717) is 5.92 Å². The van der Waals surface area contributed by atoms with Gasteiger partial charge >= 0.3 is 0 Å². The Labute approximate surface area is 119 Å². The van der Waals surface area contributed by atoms with E-state index in [1.165, 1.54) is 27.5 Å². The summed E-state index contributed by atoms with van der Waals surface area (Å²) < 4.78 is 4.15. The Kier molecular flexibility index (Phi) is 4.66. The molecule has 0 aliphatic heterocycles. The van der Waals surface area contributed by atoms with Gasteiger partial charge < -0.3 is 5.32 Å². The zero-order valence-electron chi connectivity index (χ0n) is 12.0. The molecule has 0 aliphatic rings. The van der Waals surface area contributed by atoms with Gasteiger partial charge in [-0.2, -0.15) is 0 Å². The van der Waals surface area contributed by atoms with Crippen LogP contribution in [0.4, 0.5) is 0 Å². The molecule has 0 spiro atoms. The summed E-state index contributed by atoms with van der Waals surface area (Å²) in [5.74, 6) is 0.402. The Bertz CT molecular complexity index is 534. The second-order valence-corrected chi connectivity index (χ2v) is 5.81. The molecular weight excluding hydrogens is 254 g/mol. The molecule has 0 saturated carbocycles. The van der Waals surface area contributed by atoms with Gasteiger partial charge in [-0.1, -0.05) is 49.5 Å². The lowest BCUT2D eigenvalue weighted by atomic mass is 9.97. The van der Waals surface area contributed by atoms with E-state index in [9.17, 15) is 0 Å². The van der Waals surface area contributed by atoms with E-state index in [0.717, 1.165) is 12.2 Å². The van der Waals surface area contributed by atoms with Crippen molar-refractivity contribution in [3.05, 3.63) is 46.0 Å². The molecule has 0 bridgehead atoms. The molecule has 0 aliphatic carbocycles. The van der Waals surface area contributed by atoms with Crippen LogP contribution in [0.1, 0.15) is 54.4 Å². The van der Waals surface area contributed by atoms with Crippen molar-refractivity contribution in [1.29, 1.82) is 0 Å². The van der Waals surface area contributed by atoms with E-state index in [-0.39, 0.29) is 6.04 Å². The lowest BCUT2D eigenvalue weighted by Crippen LogP contribution is -2.23. The van der Waals surface area contributed by atoms with Gasteiger partial charge in [0.1, 0.15) is 0 Å². The monoisotopic (exact) mass is 275 g/mol. The van der Waals surface area contributed by atoms with Crippen molar-refractivity contribution >= 4 is 11.5 Å². The number of hydrogen-bond acceptors (Lipinski definition) is 4. The standard InChI is InChI=1S/C15H21N3S/c1-5-16-14(12-9-7-6-8-11(12)4)15-13(10(2)3)17-18-19-15/h6-10,14,16H,5H2,1-4H3. The highest BCUT2D eigenvalue weighted by Crippen LogP contribution is 2.32. The third-order valence-electron chi connectivity index (χ3n) is 3.26. The lowest BCUT2D eigenvalue weighted by molar-refractivity contribution is 0.623. The Balaban J connectivity index is 2.46. The van der Waals surface area contributed by atoms with E-state index in [1.54, 1.807) is 0 Å². The molecule has 19 heavy (non-hydrogen) atoms. The molecule has 1 aromatic heterocycles. The maximum absolute atomic E-state index is 4.30. The van der Waals surface area contributed by atoms with Gasteiger partial charge in [0, 0.05) is 0 Å². The molecule has 0 saturated heterocycles. The van der Waals surface area contributed by atoms with Crippen LogP contribution in [0.3, 0.4) is 0 Å². The van der Waals surface area contributed by atoms with Crippen LogP contribution in [-0.2, 0) is 0 Å². The lowest BCUT2D eigenvalue weighted by Gasteiger charge is -2.20. The molecule has 2 aromatic rings. The highest BCUT2D eigenvalue weighted by molar-refractivity contribution is 7.05. The second-order valence-electron chi connectivity index (χ2n) is 5.02. The number of benzene rings is 1. The summed E-state index contributed by atoms with van der Waals surface area (Å²) in [6, 6.07) is 8.71. The number of rotatable bonds is 5. The average molecular weight is 275 g/mol. The summed E-state index contributed by atoms with van der Waals surface area (Å²) in [4.78, 5) is 1.24. The van der Waals surface area contributed by atoms with Gasteiger partial charge in [-0.3, -0.25) is 0 Å². The van der Waals surface area contributed by atoms with Gasteiger partial charge in [0.05, 0.1) is 16.6 Å². The maximum atomic E-state index is 4.30. The summed E-state index contributed by atoms with van der Waals surface area (Å²) in [7, 11) is 0. The van der Waals surface area contributed by atoms with Gasteiger partial charge in [-0.25, -0.2) is 0 Å². The fourth-order valence-corrected chi connectivity index (χ4v) is 3.17. The predicted octanol–water partition coefficient (Wildman–Crippen LogP) is 3.67. The van der Waals surface area contributed by atoms with Crippen LogP contribution < -0.4 is 5.32 Å². The van der Waals surface area contributed by atoms with Crippen LogP contribution in [0.25, 0.3) is 0 Å². The minimum atomic E-state index is 0.198. The van der Waals surface area contributed by atoms with Crippen LogP contribution in [0.15, 0.2) is 24.3 Å². The van der Waals surface area contributed by atoms with Crippen LogP contribution in [0.2, 0.25) is 0 Å². The zero-order valence-corrected chi connectivity index (χ0v) is 12.8. The van der Waals surface area contributed by atoms with Gasteiger partial charge in [-0.05, 0) is 42.0 Å². The summed E-state index contributed by atoms with van der Waals surface area (Å²) in [6.07, 6.45) is 0. The summed E-state index contributed by atoms with van der Waals surface area (Å²) >= 11 is 1.51. The summed E-state index contributed by atoms with van der Waals surface area (Å²) in [6.45, 7) is 9.55. The van der Waals surface area contributed by atoms with Crippen molar-refractivity contribution in [3.63, 3.8) is 0 Å². The predicted molar refractivity (Wildman–Crippen MR) is 80.7 cm³/mol. The molecule has 0 radical (unpaired) electrons. The molecule has 1 N–H and O–H groups in total. The zero-order chi connectivity index (χ0) is 13.8. The second kappa shape index (κ2) is 6.26. The summed E-state index contributed by atoms with van der Waals surface area (Å²) in [5, 5.41) is 7.87. The number of nitrogens with zero attached hydrogens (tertiary/aromatic N) is 2. The number of aromatic nitrogens is 2. The van der Waals surface area contributed by atoms with Crippen LogP contribution in [0, 0.1) is 6.92 Å². The molecule has 1 unspecified atom stereocenters. The first-order valence-electron chi connectivity index (χ1n) is 6.76. The normalized spacial score (nSPS) is 12.9. The van der Waals surface area contributed by atoms with Crippen LogP contribution in [0.5, 0.6) is 0 Å². The molecule has 0 fully saturated rings. The van der Waals surface area contributed by atoms with E-state index in [2.05, 4.69) is 66.9 Å². The third-order valence-corrected chi connectivity index (χ3v) is 4.06. The fraction of sp³-hybridized carbons (Fsp3) is 0.467. The molecule has 1 atom stereocenters. The Morgan fingerprint density at radius 1 is 1.26 bits per heavy atom. The molecule has 102 valence electrons. The first-order valence-corrected chi connectivity index (χ1v) is 7.53. The summed E-state index contributed by atoms with van der Waals surface area (Å²) in [5.41, 5.74) is 3.73.